The van der Waals surface area contributed by atoms with Gasteiger partial charge < -0.3 is 10.1 Å². The minimum Gasteiger partial charge on any atom is -0.497 e. The van der Waals surface area contributed by atoms with Gasteiger partial charge in [-0.2, -0.15) is 0 Å². The molecule has 122 valence electrons. The first-order valence-corrected chi connectivity index (χ1v) is 8.37. The zero-order valence-corrected chi connectivity index (χ0v) is 15.4. The van der Waals surface area contributed by atoms with E-state index < -0.39 is 0 Å². The highest BCUT2D eigenvalue weighted by atomic mass is 79.9. The van der Waals surface area contributed by atoms with Gasteiger partial charge in [0, 0.05) is 15.5 Å². The van der Waals surface area contributed by atoms with Crippen LogP contribution in [0.3, 0.4) is 0 Å². The summed E-state index contributed by atoms with van der Waals surface area (Å²) in [5.41, 5.74) is 2.51. The van der Waals surface area contributed by atoms with E-state index in [1.54, 1.807) is 38.3 Å². The van der Waals surface area contributed by atoms with Crippen molar-refractivity contribution in [3.05, 3.63) is 63.2 Å². The lowest BCUT2D eigenvalue weighted by Gasteiger charge is -2.12. The van der Waals surface area contributed by atoms with E-state index in [1.165, 1.54) is 0 Å². The number of halogens is 2. The largest absolute Gasteiger partial charge is 0.497 e. The first kappa shape index (κ1) is 16.7. The summed E-state index contributed by atoms with van der Waals surface area (Å²) in [6.45, 7) is 1.79. The Kier molecular flexibility index (Phi) is 4.73. The molecule has 3 rings (SSSR count). The Labute approximate surface area is 152 Å². The van der Waals surface area contributed by atoms with Gasteiger partial charge in [0.05, 0.1) is 18.2 Å². The monoisotopic (exact) mass is 404 g/mol. The lowest BCUT2D eigenvalue weighted by molar-refractivity contribution is 0.102. The number of benzene rings is 2. The molecule has 0 atom stereocenters. The van der Waals surface area contributed by atoms with E-state index in [0.717, 1.165) is 15.6 Å². The maximum Gasteiger partial charge on any atom is 0.256 e. The van der Waals surface area contributed by atoms with Crippen LogP contribution in [0, 0.1) is 6.92 Å². The van der Waals surface area contributed by atoms with Crippen LogP contribution in [0.15, 0.2) is 46.9 Å². The summed E-state index contributed by atoms with van der Waals surface area (Å²) < 4.78 is 5.99. The lowest BCUT2D eigenvalue weighted by atomic mass is 10.0. The molecule has 0 aliphatic heterocycles. The Morgan fingerprint density at radius 1 is 1.21 bits per heavy atom. The van der Waals surface area contributed by atoms with Gasteiger partial charge in [-0.25, -0.2) is 4.98 Å². The van der Waals surface area contributed by atoms with E-state index in [1.807, 2.05) is 18.2 Å². The molecule has 1 amide bonds. The zero-order chi connectivity index (χ0) is 17.3. The average molecular weight is 406 g/mol. The standard InChI is InChI=1S/C18H14BrClN2O2/c1-10-16(14-9-11(19)3-8-15(14)22-17(10)20)18(23)21-12-4-6-13(24-2)7-5-12/h3-9H,1-2H3,(H,21,23). The number of amides is 1. The van der Waals surface area contributed by atoms with Crippen molar-refractivity contribution in [1.29, 1.82) is 0 Å². The minimum atomic E-state index is -0.231. The van der Waals surface area contributed by atoms with E-state index in [9.17, 15) is 4.79 Å². The Hall–Kier alpha value is -2.11. The minimum absolute atomic E-state index is 0.231. The quantitative estimate of drug-likeness (QED) is 0.608. The van der Waals surface area contributed by atoms with Crippen molar-refractivity contribution < 1.29 is 9.53 Å². The predicted molar refractivity (Wildman–Crippen MR) is 100 cm³/mol. The summed E-state index contributed by atoms with van der Waals surface area (Å²) in [4.78, 5) is 17.2. The van der Waals surface area contributed by atoms with Gasteiger partial charge in [-0.1, -0.05) is 27.5 Å². The van der Waals surface area contributed by atoms with Crippen molar-refractivity contribution in [2.24, 2.45) is 0 Å². The van der Waals surface area contributed by atoms with E-state index in [4.69, 9.17) is 16.3 Å². The van der Waals surface area contributed by atoms with Gasteiger partial charge in [0.2, 0.25) is 0 Å². The Morgan fingerprint density at radius 3 is 2.58 bits per heavy atom. The molecule has 0 unspecified atom stereocenters. The van der Waals surface area contributed by atoms with Crippen LogP contribution in [0.4, 0.5) is 5.69 Å². The molecular weight excluding hydrogens is 392 g/mol. The molecule has 1 N–H and O–H groups in total. The molecule has 2 aromatic carbocycles. The number of pyridine rings is 1. The molecular formula is C18H14BrClN2O2. The molecule has 0 radical (unpaired) electrons. The summed E-state index contributed by atoms with van der Waals surface area (Å²) in [6.07, 6.45) is 0. The summed E-state index contributed by atoms with van der Waals surface area (Å²) in [5, 5.41) is 3.96. The maximum atomic E-state index is 12.8. The highest BCUT2D eigenvalue weighted by molar-refractivity contribution is 9.10. The van der Waals surface area contributed by atoms with E-state index in [0.29, 0.717) is 27.5 Å². The van der Waals surface area contributed by atoms with E-state index in [-0.39, 0.29) is 5.91 Å². The highest BCUT2D eigenvalue weighted by Gasteiger charge is 2.18. The van der Waals surface area contributed by atoms with Crippen LogP contribution in [-0.2, 0) is 0 Å². The van der Waals surface area contributed by atoms with Gasteiger partial charge in [-0.15, -0.1) is 0 Å². The Morgan fingerprint density at radius 2 is 1.92 bits per heavy atom. The van der Waals surface area contributed by atoms with Crippen molar-refractivity contribution in [1.82, 2.24) is 4.98 Å². The third-order valence-corrected chi connectivity index (χ3v) is 4.57. The summed E-state index contributed by atoms with van der Waals surface area (Å²) in [6, 6.07) is 12.7. The first-order chi connectivity index (χ1) is 11.5. The van der Waals surface area contributed by atoms with Crippen LogP contribution in [0.2, 0.25) is 5.15 Å². The van der Waals surface area contributed by atoms with E-state index >= 15 is 0 Å². The van der Waals surface area contributed by atoms with Crippen LogP contribution in [0.1, 0.15) is 15.9 Å². The highest BCUT2D eigenvalue weighted by Crippen LogP contribution is 2.29. The van der Waals surface area contributed by atoms with Crippen molar-refractivity contribution in [2.45, 2.75) is 6.92 Å². The molecule has 4 nitrogen and oxygen atoms in total. The number of nitrogens with one attached hydrogen (secondary N) is 1. The average Bonchev–Trinajstić information content (AvgIpc) is 2.57. The second-order valence-electron chi connectivity index (χ2n) is 5.25. The summed E-state index contributed by atoms with van der Waals surface area (Å²) in [5.74, 6) is 0.496. The van der Waals surface area contributed by atoms with Crippen molar-refractivity contribution in [2.75, 3.05) is 12.4 Å². The molecule has 0 saturated heterocycles. The molecule has 0 saturated carbocycles. The SMILES string of the molecule is COc1ccc(NC(=O)c2c(C)c(Cl)nc3ccc(Br)cc23)cc1. The molecule has 1 heterocycles. The second-order valence-corrected chi connectivity index (χ2v) is 6.52. The number of hydrogen-bond donors (Lipinski definition) is 1. The molecule has 24 heavy (non-hydrogen) atoms. The predicted octanol–water partition coefficient (Wildman–Crippen LogP) is 5.22. The summed E-state index contributed by atoms with van der Waals surface area (Å²) >= 11 is 9.64. The summed E-state index contributed by atoms with van der Waals surface area (Å²) in [7, 11) is 1.60. The number of carbonyl (C=O) groups is 1. The number of anilines is 1. The Bertz CT molecular complexity index is 926. The molecule has 0 aliphatic carbocycles. The van der Waals surface area contributed by atoms with Gasteiger partial charge >= 0.3 is 0 Å². The molecule has 6 heteroatoms. The topological polar surface area (TPSA) is 51.2 Å². The zero-order valence-electron chi connectivity index (χ0n) is 13.1. The fourth-order valence-corrected chi connectivity index (χ4v) is 3.01. The van der Waals surface area contributed by atoms with Crippen molar-refractivity contribution in [3.63, 3.8) is 0 Å². The number of fused-ring (bicyclic) bond motifs is 1. The molecule has 0 spiro atoms. The Balaban J connectivity index is 2.05. The molecule has 1 aromatic heterocycles. The first-order valence-electron chi connectivity index (χ1n) is 7.20. The normalized spacial score (nSPS) is 10.7. The van der Waals surface area contributed by atoms with Gasteiger partial charge in [0.1, 0.15) is 10.9 Å². The van der Waals surface area contributed by atoms with Crippen LogP contribution < -0.4 is 10.1 Å². The lowest BCUT2D eigenvalue weighted by Crippen LogP contribution is -2.14. The number of carbonyl (C=O) groups excluding carboxylic acids is 1. The molecule has 3 aromatic rings. The number of ether oxygens (including phenoxy) is 1. The number of rotatable bonds is 3. The van der Waals surface area contributed by atoms with Crippen molar-refractivity contribution >= 4 is 50.0 Å². The van der Waals surface area contributed by atoms with Gasteiger partial charge in [0.15, 0.2) is 0 Å². The smallest absolute Gasteiger partial charge is 0.256 e. The van der Waals surface area contributed by atoms with Crippen LogP contribution in [0.5, 0.6) is 5.75 Å². The molecule has 0 fully saturated rings. The van der Waals surface area contributed by atoms with Crippen molar-refractivity contribution in [3.8, 4) is 5.75 Å². The third kappa shape index (κ3) is 3.23. The fourth-order valence-electron chi connectivity index (χ4n) is 2.46. The van der Waals surface area contributed by atoms with Gasteiger partial charge in [-0.05, 0) is 55.0 Å². The fraction of sp³-hybridized carbons (Fsp3) is 0.111. The second kappa shape index (κ2) is 6.79. The van der Waals surface area contributed by atoms with Gasteiger partial charge in [-0.3, -0.25) is 4.79 Å². The van der Waals surface area contributed by atoms with Crippen LogP contribution in [0.25, 0.3) is 10.9 Å². The molecule has 0 aliphatic rings. The molecule has 0 bridgehead atoms. The maximum absolute atomic E-state index is 12.8. The number of methoxy groups -OCH3 is 1. The van der Waals surface area contributed by atoms with Crippen LogP contribution >= 0.6 is 27.5 Å². The third-order valence-electron chi connectivity index (χ3n) is 3.71. The van der Waals surface area contributed by atoms with Crippen LogP contribution in [-0.4, -0.2) is 18.0 Å². The number of nitrogens with zero attached hydrogens (tertiary/aromatic N) is 1. The van der Waals surface area contributed by atoms with Gasteiger partial charge in [0.25, 0.3) is 5.91 Å². The number of aromatic nitrogens is 1. The van der Waals surface area contributed by atoms with E-state index in [2.05, 4.69) is 26.2 Å². The number of hydrogen-bond acceptors (Lipinski definition) is 3.